The molecule has 0 amide bonds. The van der Waals surface area contributed by atoms with Crippen molar-refractivity contribution in [2.75, 3.05) is 18.4 Å². The van der Waals surface area contributed by atoms with Crippen molar-refractivity contribution in [2.45, 2.75) is 32.7 Å². The maximum absolute atomic E-state index is 14.1. The van der Waals surface area contributed by atoms with Gasteiger partial charge in [0.2, 0.25) is 0 Å². The number of hydrogen-bond donors (Lipinski definition) is 2. The van der Waals surface area contributed by atoms with Crippen LogP contribution >= 0.6 is 15.9 Å². The van der Waals surface area contributed by atoms with Crippen LogP contribution < -0.4 is 5.32 Å². The number of anilines is 1. The Morgan fingerprint density at radius 3 is 2.81 bits per heavy atom. The molecule has 2 N–H and O–H groups in total. The molecule has 1 saturated carbocycles. The predicted octanol–water partition coefficient (Wildman–Crippen LogP) is 5.38. The summed E-state index contributed by atoms with van der Waals surface area (Å²) < 4.78 is 14.9. The second-order valence-electron chi connectivity index (χ2n) is 6.94. The molecule has 0 unspecified atom stereocenters. The molecule has 2 aromatic carbocycles. The minimum atomic E-state index is -0.261. The van der Waals surface area contributed by atoms with E-state index >= 15 is 0 Å². The van der Waals surface area contributed by atoms with E-state index in [9.17, 15) is 9.50 Å². The van der Waals surface area contributed by atoms with Crippen molar-refractivity contribution in [3.05, 3.63) is 58.3 Å². The third-order valence-electron chi connectivity index (χ3n) is 4.48. The Labute approximate surface area is 168 Å². The highest BCUT2D eigenvalue weighted by Crippen LogP contribution is 2.30. The van der Waals surface area contributed by atoms with Crippen LogP contribution in [0.2, 0.25) is 0 Å². The van der Waals surface area contributed by atoms with Crippen LogP contribution in [0.1, 0.15) is 31.7 Å². The minimum absolute atomic E-state index is 0.196. The molecule has 0 radical (unpaired) electrons. The number of guanidine groups is 1. The minimum Gasteiger partial charge on any atom is -0.508 e. The van der Waals surface area contributed by atoms with Gasteiger partial charge in [0.1, 0.15) is 11.6 Å². The first-order chi connectivity index (χ1) is 13.0. The van der Waals surface area contributed by atoms with E-state index in [1.165, 1.54) is 18.9 Å². The lowest BCUT2D eigenvalue weighted by Gasteiger charge is -2.27. The highest BCUT2D eigenvalue weighted by atomic mass is 79.9. The van der Waals surface area contributed by atoms with E-state index in [-0.39, 0.29) is 18.1 Å². The van der Waals surface area contributed by atoms with Crippen molar-refractivity contribution in [1.82, 2.24) is 4.90 Å². The van der Waals surface area contributed by atoms with E-state index in [1.807, 2.05) is 6.07 Å². The normalized spacial score (nSPS) is 14.3. The van der Waals surface area contributed by atoms with Crippen LogP contribution in [0.3, 0.4) is 0 Å². The molecule has 144 valence electrons. The Balaban J connectivity index is 1.85. The molecular weight excluding hydrogens is 409 g/mol. The van der Waals surface area contributed by atoms with E-state index in [4.69, 9.17) is 4.99 Å². The zero-order chi connectivity index (χ0) is 19.2. The van der Waals surface area contributed by atoms with Gasteiger partial charge in [-0.2, -0.15) is 0 Å². The van der Waals surface area contributed by atoms with Crippen LogP contribution in [-0.2, 0) is 6.54 Å². The molecule has 1 aliphatic rings. The number of rotatable bonds is 7. The van der Waals surface area contributed by atoms with Crippen molar-refractivity contribution < 1.29 is 9.50 Å². The van der Waals surface area contributed by atoms with Gasteiger partial charge in [-0.05, 0) is 55.5 Å². The van der Waals surface area contributed by atoms with Crippen LogP contribution in [0.25, 0.3) is 0 Å². The molecule has 0 spiro atoms. The number of nitrogens with zero attached hydrogens (tertiary/aromatic N) is 2. The second-order valence-corrected chi connectivity index (χ2v) is 7.86. The van der Waals surface area contributed by atoms with Crippen LogP contribution in [0.15, 0.2) is 51.9 Å². The van der Waals surface area contributed by atoms with Crippen molar-refractivity contribution >= 4 is 27.6 Å². The van der Waals surface area contributed by atoms with Gasteiger partial charge in [-0.3, -0.25) is 0 Å². The Hall–Kier alpha value is -2.08. The molecule has 0 atom stereocenters. The molecular formula is C21H25BrFN3O. The van der Waals surface area contributed by atoms with Gasteiger partial charge in [0.15, 0.2) is 5.96 Å². The molecule has 0 saturated heterocycles. The lowest BCUT2D eigenvalue weighted by molar-refractivity contribution is 0.396. The Kier molecular flexibility index (Phi) is 6.72. The summed E-state index contributed by atoms with van der Waals surface area (Å²) in [7, 11) is 0. The van der Waals surface area contributed by atoms with Gasteiger partial charge in [0, 0.05) is 34.9 Å². The summed E-state index contributed by atoms with van der Waals surface area (Å²) >= 11 is 3.39. The maximum atomic E-state index is 14.1. The largest absolute Gasteiger partial charge is 0.508 e. The summed E-state index contributed by atoms with van der Waals surface area (Å²) in [5.41, 5.74) is 1.31. The average molecular weight is 434 g/mol. The van der Waals surface area contributed by atoms with Crippen LogP contribution in [-0.4, -0.2) is 29.1 Å². The molecule has 3 rings (SSSR count). The summed E-state index contributed by atoms with van der Waals surface area (Å²) in [6.07, 6.45) is 3.50. The van der Waals surface area contributed by atoms with Gasteiger partial charge in [-0.1, -0.05) is 28.9 Å². The molecule has 0 heterocycles. The smallest absolute Gasteiger partial charge is 0.198 e. The van der Waals surface area contributed by atoms with Crippen LogP contribution in [0.5, 0.6) is 5.75 Å². The highest BCUT2D eigenvalue weighted by molar-refractivity contribution is 9.10. The highest BCUT2D eigenvalue weighted by Gasteiger charge is 2.25. The number of halogens is 2. The number of aliphatic imine (C=N–C) groups is 1. The summed E-state index contributed by atoms with van der Waals surface area (Å²) in [6, 6.07) is 11.9. The van der Waals surface area contributed by atoms with Crippen molar-refractivity contribution in [3.63, 3.8) is 0 Å². The summed E-state index contributed by atoms with van der Waals surface area (Å²) in [5.74, 6) is 1.36. The predicted molar refractivity (Wildman–Crippen MR) is 112 cm³/mol. The first kappa shape index (κ1) is 19.7. The fraction of sp³-hybridized carbons (Fsp3) is 0.381. The molecule has 0 aromatic heterocycles. The number of benzene rings is 2. The molecule has 1 fully saturated rings. The monoisotopic (exact) mass is 433 g/mol. The first-order valence-electron chi connectivity index (χ1n) is 9.34. The average Bonchev–Trinajstić information content (AvgIpc) is 3.45. The lowest BCUT2D eigenvalue weighted by atomic mass is 10.2. The molecule has 0 aliphatic heterocycles. The van der Waals surface area contributed by atoms with E-state index < -0.39 is 0 Å². The SMILES string of the molecule is CCCN(CC1CC1)C(=NCc1cc(Br)ccc1F)Nc1cccc(O)c1. The molecule has 4 nitrogen and oxygen atoms in total. The number of phenols is 1. The van der Waals surface area contributed by atoms with E-state index in [1.54, 1.807) is 30.3 Å². The lowest BCUT2D eigenvalue weighted by Crippen LogP contribution is -2.38. The van der Waals surface area contributed by atoms with Gasteiger partial charge in [0.05, 0.1) is 6.54 Å². The van der Waals surface area contributed by atoms with Crippen LogP contribution in [0, 0.1) is 11.7 Å². The van der Waals surface area contributed by atoms with Gasteiger partial charge in [-0.15, -0.1) is 0 Å². The van der Waals surface area contributed by atoms with Crippen molar-refractivity contribution in [3.8, 4) is 5.75 Å². The molecule has 0 bridgehead atoms. The third-order valence-corrected chi connectivity index (χ3v) is 4.97. The van der Waals surface area contributed by atoms with E-state index in [2.05, 4.69) is 33.1 Å². The van der Waals surface area contributed by atoms with Crippen molar-refractivity contribution in [1.29, 1.82) is 0 Å². The number of nitrogens with one attached hydrogen (secondary N) is 1. The van der Waals surface area contributed by atoms with E-state index in [0.29, 0.717) is 17.4 Å². The zero-order valence-corrected chi connectivity index (χ0v) is 17.0. The van der Waals surface area contributed by atoms with Gasteiger partial charge in [0.25, 0.3) is 0 Å². The zero-order valence-electron chi connectivity index (χ0n) is 15.5. The number of hydrogen-bond acceptors (Lipinski definition) is 2. The van der Waals surface area contributed by atoms with Crippen molar-refractivity contribution in [2.24, 2.45) is 10.9 Å². The Morgan fingerprint density at radius 1 is 1.30 bits per heavy atom. The topological polar surface area (TPSA) is 47.9 Å². The quantitative estimate of drug-likeness (QED) is 0.454. The first-order valence-corrected chi connectivity index (χ1v) is 10.1. The molecule has 6 heteroatoms. The van der Waals surface area contributed by atoms with E-state index in [0.717, 1.165) is 29.7 Å². The number of aromatic hydroxyl groups is 1. The fourth-order valence-electron chi connectivity index (χ4n) is 2.92. The second kappa shape index (κ2) is 9.22. The fourth-order valence-corrected chi connectivity index (χ4v) is 3.33. The molecule has 27 heavy (non-hydrogen) atoms. The van der Waals surface area contributed by atoms with Crippen LogP contribution in [0.4, 0.5) is 10.1 Å². The van der Waals surface area contributed by atoms with Gasteiger partial charge >= 0.3 is 0 Å². The number of phenolic OH excluding ortho intramolecular Hbond substituents is 1. The standard InChI is InChI=1S/C21H25BrFN3O/c1-2-10-26(14-15-6-7-15)21(25-18-4-3-5-19(27)12-18)24-13-16-11-17(22)8-9-20(16)23/h3-5,8-9,11-12,15,27H,2,6-7,10,13-14H2,1H3,(H,24,25). The Bertz CT molecular complexity index is 808. The third kappa shape index (κ3) is 5.96. The summed E-state index contributed by atoms with van der Waals surface area (Å²) in [4.78, 5) is 6.94. The van der Waals surface area contributed by atoms with Gasteiger partial charge < -0.3 is 15.3 Å². The maximum Gasteiger partial charge on any atom is 0.198 e. The molecule has 1 aliphatic carbocycles. The Morgan fingerprint density at radius 2 is 2.11 bits per heavy atom. The molecule has 2 aromatic rings. The summed E-state index contributed by atoms with van der Waals surface area (Å²) in [6.45, 7) is 4.21. The summed E-state index contributed by atoms with van der Waals surface area (Å²) in [5, 5.41) is 13.1. The van der Waals surface area contributed by atoms with Gasteiger partial charge in [-0.25, -0.2) is 9.38 Å².